The molecule has 2 aliphatic heterocycles. The van der Waals surface area contributed by atoms with Gasteiger partial charge in [0.25, 0.3) is 11.8 Å². The number of benzene rings is 2. The van der Waals surface area contributed by atoms with Gasteiger partial charge in [0.1, 0.15) is 11.3 Å². The minimum atomic E-state index is -0.886. The number of nitrogens with zero attached hydrogens (tertiary/aromatic N) is 1. The molecule has 7 heteroatoms. The van der Waals surface area contributed by atoms with E-state index < -0.39 is 11.6 Å². The van der Waals surface area contributed by atoms with Gasteiger partial charge in [0.05, 0.1) is 7.11 Å². The number of urea groups is 1. The van der Waals surface area contributed by atoms with Crippen LogP contribution >= 0.6 is 0 Å². The third-order valence-corrected chi connectivity index (χ3v) is 5.45. The van der Waals surface area contributed by atoms with E-state index in [-0.39, 0.29) is 11.8 Å². The summed E-state index contributed by atoms with van der Waals surface area (Å²) in [7, 11) is 1.61. The SMILES string of the molecule is COc1ccc(C(=O)N2CCC3(CC2)NC(=O)NC3=O)cc1-c1ccccc1. The summed E-state index contributed by atoms with van der Waals surface area (Å²) in [6, 6.07) is 14.7. The number of carbonyl (C=O) groups excluding carboxylic acids is 3. The van der Waals surface area contributed by atoms with Gasteiger partial charge in [-0.15, -0.1) is 0 Å². The number of methoxy groups -OCH3 is 1. The first-order valence-corrected chi connectivity index (χ1v) is 9.19. The molecule has 2 saturated heterocycles. The van der Waals surface area contributed by atoms with Gasteiger partial charge in [-0.2, -0.15) is 0 Å². The molecule has 7 nitrogen and oxygen atoms in total. The average molecular weight is 379 g/mol. The summed E-state index contributed by atoms with van der Waals surface area (Å²) in [5, 5.41) is 4.99. The predicted octanol–water partition coefficient (Wildman–Crippen LogP) is 2.18. The number of ether oxygens (including phenoxy) is 1. The average Bonchev–Trinajstić information content (AvgIpc) is 3.00. The van der Waals surface area contributed by atoms with Crippen molar-refractivity contribution < 1.29 is 19.1 Å². The number of hydrogen-bond donors (Lipinski definition) is 2. The molecule has 4 amide bonds. The first kappa shape index (κ1) is 18.0. The molecule has 144 valence electrons. The van der Waals surface area contributed by atoms with E-state index in [9.17, 15) is 14.4 Å². The first-order chi connectivity index (χ1) is 13.5. The lowest BCUT2D eigenvalue weighted by atomic mass is 9.87. The molecule has 1 spiro atoms. The van der Waals surface area contributed by atoms with Gasteiger partial charge in [-0.1, -0.05) is 30.3 Å². The standard InChI is InChI=1S/C21H21N3O4/c1-28-17-8-7-15(13-16(17)14-5-3-2-4-6-14)18(25)24-11-9-21(10-12-24)19(26)22-20(27)23-21/h2-8,13H,9-12H2,1H3,(H2,22,23,26,27). The lowest BCUT2D eigenvalue weighted by molar-refractivity contribution is -0.125. The van der Waals surface area contributed by atoms with Gasteiger partial charge in [0.2, 0.25) is 0 Å². The van der Waals surface area contributed by atoms with Crippen molar-refractivity contribution in [1.29, 1.82) is 0 Å². The van der Waals surface area contributed by atoms with E-state index in [1.165, 1.54) is 0 Å². The molecule has 0 unspecified atom stereocenters. The van der Waals surface area contributed by atoms with Crippen LogP contribution in [0.15, 0.2) is 48.5 Å². The van der Waals surface area contributed by atoms with Gasteiger partial charge in [0, 0.05) is 24.2 Å². The van der Waals surface area contributed by atoms with Crippen molar-refractivity contribution >= 4 is 17.8 Å². The second-order valence-electron chi connectivity index (χ2n) is 7.06. The Balaban J connectivity index is 1.55. The Morgan fingerprint density at radius 3 is 2.39 bits per heavy atom. The summed E-state index contributed by atoms with van der Waals surface area (Å²) in [4.78, 5) is 38.3. The van der Waals surface area contributed by atoms with Gasteiger partial charge in [-0.05, 0) is 36.6 Å². The smallest absolute Gasteiger partial charge is 0.322 e. The van der Waals surface area contributed by atoms with Gasteiger partial charge in [-0.25, -0.2) is 4.79 Å². The highest BCUT2D eigenvalue weighted by atomic mass is 16.5. The van der Waals surface area contributed by atoms with Crippen LogP contribution in [0, 0.1) is 0 Å². The molecule has 0 aromatic heterocycles. The molecule has 2 aromatic rings. The van der Waals surface area contributed by atoms with Crippen molar-refractivity contribution in [2.45, 2.75) is 18.4 Å². The Labute approximate surface area is 162 Å². The Bertz CT molecular complexity index is 934. The van der Waals surface area contributed by atoms with Gasteiger partial charge < -0.3 is 15.0 Å². The molecule has 2 aromatic carbocycles. The summed E-state index contributed by atoms with van der Waals surface area (Å²) in [5.41, 5.74) is 1.50. The number of amides is 4. The van der Waals surface area contributed by atoms with Crippen LogP contribution in [0.3, 0.4) is 0 Å². The van der Waals surface area contributed by atoms with Crippen LogP contribution in [0.2, 0.25) is 0 Å². The van der Waals surface area contributed by atoms with Crippen LogP contribution in [0.1, 0.15) is 23.2 Å². The van der Waals surface area contributed by atoms with Crippen molar-refractivity contribution in [2.75, 3.05) is 20.2 Å². The summed E-state index contributed by atoms with van der Waals surface area (Å²) in [6.45, 7) is 0.804. The molecule has 0 saturated carbocycles. The maximum absolute atomic E-state index is 13.0. The van der Waals surface area contributed by atoms with E-state index in [2.05, 4.69) is 10.6 Å². The number of carbonyl (C=O) groups is 3. The quantitative estimate of drug-likeness (QED) is 0.800. The van der Waals surface area contributed by atoms with Crippen LogP contribution < -0.4 is 15.4 Å². The summed E-state index contributed by atoms with van der Waals surface area (Å²) in [5.74, 6) is 0.297. The molecule has 2 fully saturated rings. The maximum atomic E-state index is 13.0. The lowest BCUT2D eigenvalue weighted by Gasteiger charge is -2.37. The zero-order valence-corrected chi connectivity index (χ0v) is 15.5. The highest BCUT2D eigenvalue weighted by Crippen LogP contribution is 2.32. The number of nitrogens with one attached hydrogen (secondary N) is 2. The third-order valence-electron chi connectivity index (χ3n) is 5.45. The minimum absolute atomic E-state index is 0.0978. The number of hydrogen-bond acceptors (Lipinski definition) is 4. The molecular weight excluding hydrogens is 358 g/mol. The molecule has 0 bridgehead atoms. The fourth-order valence-electron chi connectivity index (χ4n) is 3.84. The van der Waals surface area contributed by atoms with Crippen LogP contribution in [0.25, 0.3) is 11.1 Å². The molecular formula is C21H21N3O4. The monoisotopic (exact) mass is 379 g/mol. The largest absolute Gasteiger partial charge is 0.496 e. The molecule has 4 rings (SSSR count). The fourth-order valence-corrected chi connectivity index (χ4v) is 3.84. The highest BCUT2D eigenvalue weighted by molar-refractivity contribution is 6.07. The van der Waals surface area contributed by atoms with Gasteiger partial charge in [0.15, 0.2) is 0 Å². The van der Waals surface area contributed by atoms with Crippen molar-refractivity contribution in [3.05, 3.63) is 54.1 Å². The Morgan fingerprint density at radius 2 is 1.79 bits per heavy atom. The first-order valence-electron chi connectivity index (χ1n) is 9.19. The van der Waals surface area contributed by atoms with Crippen LogP contribution in [-0.2, 0) is 4.79 Å². The minimum Gasteiger partial charge on any atom is -0.496 e. The van der Waals surface area contributed by atoms with Crippen molar-refractivity contribution in [1.82, 2.24) is 15.5 Å². The normalized spacial score (nSPS) is 18.0. The van der Waals surface area contributed by atoms with E-state index >= 15 is 0 Å². The number of likely N-dealkylation sites (tertiary alicyclic amines) is 1. The molecule has 28 heavy (non-hydrogen) atoms. The second kappa shape index (κ2) is 6.99. The second-order valence-corrected chi connectivity index (χ2v) is 7.06. The van der Waals surface area contributed by atoms with E-state index in [1.54, 1.807) is 24.1 Å². The van der Waals surface area contributed by atoms with Crippen molar-refractivity contribution in [3.8, 4) is 16.9 Å². The number of imide groups is 1. The Morgan fingerprint density at radius 1 is 1.07 bits per heavy atom. The van der Waals surface area contributed by atoms with Crippen LogP contribution in [-0.4, -0.2) is 48.5 Å². The molecule has 2 N–H and O–H groups in total. The molecule has 0 radical (unpaired) electrons. The topological polar surface area (TPSA) is 87.7 Å². The zero-order chi connectivity index (χ0) is 19.7. The molecule has 0 aliphatic carbocycles. The number of piperidine rings is 1. The Hall–Kier alpha value is -3.35. The van der Waals surface area contributed by atoms with E-state index in [0.29, 0.717) is 37.2 Å². The molecule has 2 aliphatic rings. The summed E-state index contributed by atoms with van der Waals surface area (Å²) < 4.78 is 5.46. The fraction of sp³-hybridized carbons (Fsp3) is 0.286. The van der Waals surface area contributed by atoms with Crippen LogP contribution in [0.5, 0.6) is 5.75 Å². The summed E-state index contributed by atoms with van der Waals surface area (Å²) >= 11 is 0. The van der Waals surface area contributed by atoms with Gasteiger partial charge in [-0.3, -0.25) is 14.9 Å². The van der Waals surface area contributed by atoms with E-state index in [4.69, 9.17) is 4.74 Å². The van der Waals surface area contributed by atoms with Gasteiger partial charge >= 0.3 is 6.03 Å². The predicted molar refractivity (Wildman–Crippen MR) is 103 cm³/mol. The van der Waals surface area contributed by atoms with E-state index in [0.717, 1.165) is 11.1 Å². The highest BCUT2D eigenvalue weighted by Gasteiger charge is 2.48. The third kappa shape index (κ3) is 3.09. The van der Waals surface area contributed by atoms with E-state index in [1.807, 2.05) is 36.4 Å². The van der Waals surface area contributed by atoms with Crippen molar-refractivity contribution in [3.63, 3.8) is 0 Å². The molecule has 2 heterocycles. The maximum Gasteiger partial charge on any atom is 0.322 e. The van der Waals surface area contributed by atoms with Crippen molar-refractivity contribution in [2.24, 2.45) is 0 Å². The Kier molecular flexibility index (Phi) is 4.50. The summed E-state index contributed by atoms with van der Waals surface area (Å²) in [6.07, 6.45) is 0.802. The lowest BCUT2D eigenvalue weighted by Crippen LogP contribution is -2.55. The zero-order valence-electron chi connectivity index (χ0n) is 15.5. The van der Waals surface area contributed by atoms with Crippen LogP contribution in [0.4, 0.5) is 4.79 Å². The molecule has 0 atom stereocenters. The number of rotatable bonds is 3.